The van der Waals surface area contributed by atoms with Crippen molar-refractivity contribution in [3.05, 3.63) is 96.3 Å². The van der Waals surface area contributed by atoms with E-state index >= 15 is 0 Å². The van der Waals surface area contributed by atoms with Gasteiger partial charge in [0.2, 0.25) is 27.4 Å². The number of hydrogen-bond acceptors (Lipinski definition) is 10. The van der Waals surface area contributed by atoms with Gasteiger partial charge in [0.05, 0.1) is 29.4 Å². The van der Waals surface area contributed by atoms with Crippen molar-refractivity contribution in [3.8, 4) is 23.0 Å². The Kier molecular flexibility index (Phi) is 11.4. The Morgan fingerprint density at radius 3 is 2.52 bits per heavy atom. The summed E-state index contributed by atoms with van der Waals surface area (Å²) in [6.45, 7) is 3.96. The molecule has 1 saturated heterocycles. The number of fused-ring (bicyclic) bond motifs is 5. The van der Waals surface area contributed by atoms with E-state index in [2.05, 4.69) is 4.72 Å². The number of nitrogens with one attached hydrogen (secondary N) is 1. The van der Waals surface area contributed by atoms with Crippen molar-refractivity contribution in [2.75, 3.05) is 6.54 Å². The monoisotopic (exact) mass is 862 g/mol. The molecule has 3 fully saturated rings. The van der Waals surface area contributed by atoms with Crippen molar-refractivity contribution in [1.29, 1.82) is 0 Å². The molecule has 4 heterocycles. The lowest BCUT2D eigenvalue weighted by Crippen LogP contribution is -2.46. The van der Waals surface area contributed by atoms with Crippen LogP contribution in [0.3, 0.4) is 0 Å². The number of para-hydroxylation sites is 1. The lowest BCUT2D eigenvalue weighted by atomic mass is 9.90. The number of allylic oxidation sites excluding steroid dienone is 2. The third-order valence-corrected chi connectivity index (χ3v) is 14.5. The van der Waals surface area contributed by atoms with Gasteiger partial charge in [-0.1, -0.05) is 49.3 Å². The first-order valence-corrected chi connectivity index (χ1v) is 23.3. The number of ether oxygens (including phenoxy) is 2. The van der Waals surface area contributed by atoms with E-state index in [1.807, 2.05) is 74.5 Å². The summed E-state index contributed by atoms with van der Waals surface area (Å²) in [5.41, 5.74) is 1.72. The largest absolute Gasteiger partial charge is 0.491 e. The fourth-order valence-corrected chi connectivity index (χ4v) is 10.5. The molecule has 2 saturated carbocycles. The van der Waals surface area contributed by atoms with E-state index < -0.39 is 44.7 Å². The van der Waals surface area contributed by atoms with Gasteiger partial charge in [0.25, 0.3) is 5.88 Å². The summed E-state index contributed by atoms with van der Waals surface area (Å²) in [6.07, 6.45) is 8.60. The predicted octanol–water partition coefficient (Wildman–Crippen LogP) is 8.27. The van der Waals surface area contributed by atoms with Crippen LogP contribution in [0, 0.1) is 23.1 Å². The number of sulfonamides is 1. The molecular formula is C48H51FN4O8S. The molecule has 0 spiro atoms. The summed E-state index contributed by atoms with van der Waals surface area (Å²) < 4.78 is 61.2. The average Bonchev–Trinajstić information content (AvgIpc) is 4.15. The van der Waals surface area contributed by atoms with Crippen LogP contribution in [-0.2, 0) is 30.8 Å². The fourth-order valence-electron chi connectivity index (χ4n) is 9.11. The second kappa shape index (κ2) is 16.9. The van der Waals surface area contributed by atoms with Gasteiger partial charge in [0, 0.05) is 29.7 Å². The van der Waals surface area contributed by atoms with E-state index in [-0.39, 0.29) is 54.8 Å². The smallest absolute Gasteiger partial charge is 0.262 e. The van der Waals surface area contributed by atoms with Crippen LogP contribution in [0.5, 0.6) is 11.6 Å². The molecule has 5 atom stereocenters. The third kappa shape index (κ3) is 8.71. The molecule has 0 bridgehead atoms. The van der Waals surface area contributed by atoms with Crippen molar-refractivity contribution in [3.63, 3.8) is 0 Å². The summed E-state index contributed by atoms with van der Waals surface area (Å²) in [7, 11) is -3.87. The van der Waals surface area contributed by atoms with Crippen LogP contribution in [0.25, 0.3) is 33.5 Å². The topological polar surface area (TPSA) is 158 Å². The van der Waals surface area contributed by atoms with E-state index in [4.69, 9.17) is 23.9 Å². The lowest BCUT2D eigenvalue weighted by molar-refractivity contribution is -0.142. The molecule has 324 valence electrons. The molecule has 5 aromatic rings. The number of amides is 2. The second-order valence-corrected chi connectivity index (χ2v) is 19.6. The first kappa shape index (κ1) is 41.7. The first-order chi connectivity index (χ1) is 29.9. The molecule has 2 aromatic heterocycles. The number of Topliss-reactive ketones (excluding diaryl/α,β-unsaturated/α-hetero) is 1. The number of ketones is 1. The van der Waals surface area contributed by atoms with E-state index in [1.165, 1.54) is 12.1 Å². The predicted molar refractivity (Wildman–Crippen MR) is 231 cm³/mol. The second-order valence-electron chi connectivity index (χ2n) is 17.7. The molecule has 9 rings (SSSR count). The molecular weight excluding hydrogens is 812 g/mol. The molecule has 62 heavy (non-hydrogen) atoms. The van der Waals surface area contributed by atoms with E-state index in [0.717, 1.165) is 36.6 Å². The van der Waals surface area contributed by atoms with Gasteiger partial charge in [0.15, 0.2) is 11.6 Å². The van der Waals surface area contributed by atoms with Crippen molar-refractivity contribution < 1.29 is 41.1 Å². The number of aromatic nitrogens is 2. The molecule has 12 nitrogen and oxygen atoms in total. The van der Waals surface area contributed by atoms with Crippen molar-refractivity contribution in [2.45, 2.75) is 108 Å². The Labute approximate surface area is 360 Å². The van der Waals surface area contributed by atoms with Crippen LogP contribution in [0.15, 0.2) is 89.4 Å². The van der Waals surface area contributed by atoms with Gasteiger partial charge in [0.1, 0.15) is 28.8 Å². The number of rotatable bonds is 10. The van der Waals surface area contributed by atoms with E-state index in [1.54, 1.807) is 17.0 Å². The third-order valence-electron chi connectivity index (χ3n) is 12.7. The SMILES string of the molecule is CC(C)Oc1ccc(-c2nc(O[C@@H]3C[C@H]4C(=O)C[C@]5(C(=O)NS(=O)(=O)C6CC6)C[C@H]5/C=C\CCCCC[C@H](Cc5ccc(F)cc5)C(=O)N4C3)c3oc4ccccc4c3n2)cc1. The van der Waals surface area contributed by atoms with Gasteiger partial charge in [-0.05, 0) is 119 Å². The quantitative estimate of drug-likeness (QED) is 0.136. The molecule has 0 unspecified atom stereocenters. The summed E-state index contributed by atoms with van der Waals surface area (Å²) >= 11 is 0. The highest BCUT2D eigenvalue weighted by Crippen LogP contribution is 2.57. The van der Waals surface area contributed by atoms with Crippen LogP contribution in [0.1, 0.15) is 83.6 Å². The number of hydrogen-bond donors (Lipinski definition) is 1. The molecule has 14 heteroatoms. The maximum atomic E-state index is 14.9. The summed E-state index contributed by atoms with van der Waals surface area (Å²) in [4.78, 5) is 55.1. The zero-order chi connectivity index (χ0) is 43.2. The number of furan rings is 1. The number of carbonyl (C=O) groups excluding carboxylic acids is 3. The van der Waals surface area contributed by atoms with Crippen LogP contribution in [-0.4, -0.2) is 70.9 Å². The highest BCUT2D eigenvalue weighted by Gasteiger charge is 2.61. The van der Waals surface area contributed by atoms with Crippen LogP contribution >= 0.6 is 0 Å². The van der Waals surface area contributed by atoms with Gasteiger partial charge in [-0.25, -0.2) is 17.8 Å². The first-order valence-electron chi connectivity index (χ1n) is 21.8. The van der Waals surface area contributed by atoms with Crippen molar-refractivity contribution in [2.24, 2.45) is 17.3 Å². The van der Waals surface area contributed by atoms with Gasteiger partial charge in [-0.15, -0.1) is 0 Å². The lowest BCUT2D eigenvalue weighted by Gasteiger charge is -2.29. The van der Waals surface area contributed by atoms with Gasteiger partial charge in [-0.2, -0.15) is 4.98 Å². The molecule has 3 aromatic carbocycles. The van der Waals surface area contributed by atoms with E-state index in [9.17, 15) is 27.2 Å². The molecule has 4 aliphatic rings. The van der Waals surface area contributed by atoms with Crippen molar-refractivity contribution in [1.82, 2.24) is 19.6 Å². The van der Waals surface area contributed by atoms with E-state index in [0.29, 0.717) is 65.9 Å². The Bertz CT molecular complexity index is 2640. The van der Waals surface area contributed by atoms with Gasteiger partial charge in [-0.3, -0.25) is 19.1 Å². The average molecular weight is 863 g/mol. The Morgan fingerprint density at radius 1 is 0.984 bits per heavy atom. The minimum absolute atomic E-state index is 0.00274. The Balaban J connectivity index is 1.07. The summed E-state index contributed by atoms with van der Waals surface area (Å²) in [5, 5.41) is 0.162. The highest BCUT2D eigenvalue weighted by atomic mass is 32.2. The fraction of sp³-hybridized carbons (Fsp3) is 0.438. The van der Waals surface area contributed by atoms with Crippen LogP contribution < -0.4 is 14.2 Å². The summed E-state index contributed by atoms with van der Waals surface area (Å²) in [6, 6.07) is 20.1. The number of benzene rings is 3. The molecule has 0 radical (unpaired) electrons. The number of nitrogens with zero attached hydrogens (tertiary/aromatic N) is 3. The highest BCUT2D eigenvalue weighted by molar-refractivity contribution is 7.90. The molecule has 2 aliphatic heterocycles. The zero-order valence-electron chi connectivity index (χ0n) is 34.9. The van der Waals surface area contributed by atoms with Gasteiger partial charge >= 0.3 is 0 Å². The number of halogens is 1. The Morgan fingerprint density at radius 2 is 1.76 bits per heavy atom. The maximum absolute atomic E-state index is 14.9. The zero-order valence-corrected chi connectivity index (χ0v) is 35.7. The van der Waals surface area contributed by atoms with Gasteiger partial charge < -0.3 is 18.8 Å². The molecule has 2 aliphatic carbocycles. The van der Waals surface area contributed by atoms with Crippen molar-refractivity contribution >= 4 is 49.7 Å². The standard InChI is InChI=1S/C48H51FN4O8S/c1-29(2)59-35-20-16-31(17-21-35)44-50-42-38-12-8-9-13-41(38)61-43(42)45(51-44)60-36-25-39-40(54)27-48(47(56)52-62(57,58)37-22-23-37)26-33(48)11-7-5-3-4-6-10-32(46(55)53(39)28-36)24-30-14-18-34(49)19-15-30/h7-9,11-21,29,32-33,36-37,39H,3-6,10,22-28H2,1-2H3,(H,52,56)/b11-7-/t32-,33-,36-,39+,48-/m1/s1. The Hall–Kier alpha value is -5.63. The van der Waals surface area contributed by atoms with Crippen LogP contribution in [0.4, 0.5) is 4.39 Å². The maximum Gasteiger partial charge on any atom is 0.262 e. The number of carbonyl (C=O) groups is 3. The normalized spacial score (nSPS) is 25.2. The van der Waals surface area contributed by atoms with Crippen LogP contribution in [0.2, 0.25) is 0 Å². The molecule has 2 amide bonds. The summed E-state index contributed by atoms with van der Waals surface area (Å²) in [5.74, 6) is -1.19. The minimum Gasteiger partial charge on any atom is -0.491 e. The molecule has 1 N–H and O–H groups in total. The minimum atomic E-state index is -3.87.